The quantitative estimate of drug-likeness (QED) is 0.570. The van der Waals surface area contributed by atoms with Gasteiger partial charge < -0.3 is 4.74 Å². The first-order valence-electron chi connectivity index (χ1n) is 9.54. The molecule has 2 aromatic rings. The van der Waals surface area contributed by atoms with E-state index in [1.54, 1.807) is 0 Å². The Bertz CT molecular complexity index is 762. The second kappa shape index (κ2) is 7.53. The second-order valence-corrected chi connectivity index (χ2v) is 6.95. The Hall–Kier alpha value is -1.93. The van der Waals surface area contributed by atoms with Gasteiger partial charge in [0.25, 0.3) is 0 Å². The fourth-order valence-electron chi connectivity index (χ4n) is 3.92. The van der Waals surface area contributed by atoms with Crippen LogP contribution in [0.1, 0.15) is 62.6 Å². The van der Waals surface area contributed by atoms with Gasteiger partial charge in [-0.3, -0.25) is 4.79 Å². The molecule has 0 bridgehead atoms. The molecule has 0 fully saturated rings. The van der Waals surface area contributed by atoms with Gasteiger partial charge in [0.05, 0.1) is 0 Å². The van der Waals surface area contributed by atoms with Crippen molar-refractivity contribution in [2.24, 2.45) is 0 Å². The van der Waals surface area contributed by atoms with E-state index in [2.05, 4.69) is 51.1 Å². The zero-order valence-corrected chi connectivity index (χ0v) is 15.6. The average molecular weight is 336 g/mol. The van der Waals surface area contributed by atoms with Crippen molar-refractivity contribution in [2.45, 2.75) is 58.5 Å². The lowest BCUT2D eigenvalue weighted by Crippen LogP contribution is -2.39. The van der Waals surface area contributed by atoms with Crippen LogP contribution in [-0.2, 0) is 15.1 Å². The number of aryl methyl sites for hydroxylation is 1. The predicted octanol–water partition coefficient (Wildman–Crippen LogP) is 5.80. The monoisotopic (exact) mass is 336 g/mol. The highest BCUT2D eigenvalue weighted by atomic mass is 16.5. The molecule has 1 atom stereocenters. The first kappa shape index (κ1) is 17.9. The summed E-state index contributed by atoms with van der Waals surface area (Å²) in [5.41, 5.74) is 4.58. The number of unbranched alkanes of at least 4 members (excludes halogenated alkanes) is 2. The Balaban J connectivity index is 2.20. The maximum Gasteiger partial charge on any atom is 0.177 e. The SMILES string of the molecule is CCCCOC1(C(=O)CCCC)c2ccccc2-c2cccc(C)c21. The van der Waals surface area contributed by atoms with E-state index in [0.29, 0.717) is 13.0 Å². The molecule has 0 spiro atoms. The lowest BCUT2D eigenvalue weighted by Gasteiger charge is -2.32. The van der Waals surface area contributed by atoms with Crippen LogP contribution in [0.5, 0.6) is 0 Å². The van der Waals surface area contributed by atoms with Crippen molar-refractivity contribution in [3.63, 3.8) is 0 Å². The molecule has 3 rings (SSSR count). The van der Waals surface area contributed by atoms with Gasteiger partial charge in [-0.05, 0) is 36.5 Å². The number of carbonyl (C=O) groups excluding carboxylic acids is 1. The predicted molar refractivity (Wildman–Crippen MR) is 103 cm³/mol. The van der Waals surface area contributed by atoms with E-state index in [9.17, 15) is 4.79 Å². The minimum Gasteiger partial charge on any atom is -0.358 e. The molecule has 0 heterocycles. The zero-order chi connectivity index (χ0) is 17.9. The largest absolute Gasteiger partial charge is 0.358 e. The molecule has 0 N–H and O–H groups in total. The van der Waals surface area contributed by atoms with Crippen molar-refractivity contribution in [2.75, 3.05) is 6.61 Å². The van der Waals surface area contributed by atoms with Crippen LogP contribution in [0.25, 0.3) is 11.1 Å². The lowest BCUT2D eigenvalue weighted by molar-refractivity contribution is -0.140. The zero-order valence-electron chi connectivity index (χ0n) is 15.6. The Morgan fingerprint density at radius 3 is 2.44 bits per heavy atom. The molecule has 132 valence electrons. The molecule has 2 nitrogen and oxygen atoms in total. The second-order valence-electron chi connectivity index (χ2n) is 6.95. The third-order valence-electron chi connectivity index (χ3n) is 5.19. The number of hydrogen-bond donors (Lipinski definition) is 0. The number of fused-ring (bicyclic) bond motifs is 3. The maximum absolute atomic E-state index is 13.5. The van der Waals surface area contributed by atoms with Crippen LogP contribution in [0.4, 0.5) is 0 Å². The number of carbonyl (C=O) groups is 1. The van der Waals surface area contributed by atoms with Crippen LogP contribution in [-0.4, -0.2) is 12.4 Å². The van der Waals surface area contributed by atoms with Crippen LogP contribution in [0, 0.1) is 6.92 Å². The van der Waals surface area contributed by atoms with Crippen molar-refractivity contribution in [1.29, 1.82) is 0 Å². The molecular weight excluding hydrogens is 308 g/mol. The molecular formula is C23H28O2. The van der Waals surface area contributed by atoms with Crippen LogP contribution in [0.15, 0.2) is 42.5 Å². The van der Waals surface area contributed by atoms with Crippen molar-refractivity contribution in [1.82, 2.24) is 0 Å². The molecule has 1 unspecified atom stereocenters. The van der Waals surface area contributed by atoms with Gasteiger partial charge in [-0.25, -0.2) is 0 Å². The maximum atomic E-state index is 13.5. The Kier molecular flexibility index (Phi) is 5.39. The Labute approximate surface area is 151 Å². The van der Waals surface area contributed by atoms with Gasteiger partial charge in [-0.15, -0.1) is 0 Å². The van der Waals surface area contributed by atoms with E-state index in [1.807, 2.05) is 12.1 Å². The number of ether oxygens (including phenoxy) is 1. The van der Waals surface area contributed by atoms with E-state index >= 15 is 0 Å². The summed E-state index contributed by atoms with van der Waals surface area (Å²) < 4.78 is 6.47. The summed E-state index contributed by atoms with van der Waals surface area (Å²) in [6.07, 6.45) is 4.50. The van der Waals surface area contributed by atoms with E-state index in [1.165, 1.54) is 0 Å². The Morgan fingerprint density at radius 1 is 0.960 bits per heavy atom. The van der Waals surface area contributed by atoms with Crippen LogP contribution in [0.3, 0.4) is 0 Å². The smallest absolute Gasteiger partial charge is 0.177 e. The van der Waals surface area contributed by atoms with Crippen molar-refractivity contribution >= 4 is 5.78 Å². The van der Waals surface area contributed by atoms with E-state index in [-0.39, 0.29) is 5.78 Å². The molecule has 2 heteroatoms. The van der Waals surface area contributed by atoms with Gasteiger partial charge >= 0.3 is 0 Å². The summed E-state index contributed by atoms with van der Waals surface area (Å²) >= 11 is 0. The third-order valence-corrected chi connectivity index (χ3v) is 5.19. The number of benzene rings is 2. The van der Waals surface area contributed by atoms with Crippen LogP contribution < -0.4 is 0 Å². The van der Waals surface area contributed by atoms with E-state index in [4.69, 9.17) is 4.74 Å². The van der Waals surface area contributed by atoms with Gasteiger partial charge in [-0.1, -0.05) is 69.2 Å². The normalized spacial score (nSPS) is 18.0. The van der Waals surface area contributed by atoms with Gasteiger partial charge in [0.15, 0.2) is 11.4 Å². The number of rotatable bonds is 8. The third kappa shape index (κ3) is 2.93. The summed E-state index contributed by atoms with van der Waals surface area (Å²) in [5.74, 6) is 0.200. The van der Waals surface area contributed by atoms with Crippen molar-refractivity contribution in [3.8, 4) is 11.1 Å². The molecule has 25 heavy (non-hydrogen) atoms. The first-order valence-corrected chi connectivity index (χ1v) is 9.54. The number of Topliss-reactive ketones (excluding diaryl/α,β-unsaturated/α-hetero) is 1. The van der Waals surface area contributed by atoms with Gasteiger partial charge in [0, 0.05) is 24.2 Å². The molecule has 0 amide bonds. The standard InChI is InChI=1S/C23H28O2/c1-4-6-15-21(24)23(25-16-7-5-2)20-14-9-8-12-18(20)19-13-10-11-17(3)22(19)23/h8-14H,4-7,15-16H2,1-3H3. The van der Waals surface area contributed by atoms with Gasteiger partial charge in [-0.2, -0.15) is 0 Å². The van der Waals surface area contributed by atoms with Crippen molar-refractivity contribution in [3.05, 3.63) is 59.2 Å². The lowest BCUT2D eigenvalue weighted by atomic mass is 9.82. The van der Waals surface area contributed by atoms with E-state index in [0.717, 1.165) is 53.5 Å². The molecule has 0 aromatic heterocycles. The highest BCUT2D eigenvalue weighted by Crippen LogP contribution is 2.52. The minimum atomic E-state index is -0.929. The summed E-state index contributed by atoms with van der Waals surface area (Å²) in [5, 5.41) is 0. The average Bonchev–Trinajstić information content (AvgIpc) is 2.93. The van der Waals surface area contributed by atoms with Crippen LogP contribution in [0.2, 0.25) is 0 Å². The fourth-order valence-corrected chi connectivity index (χ4v) is 3.92. The van der Waals surface area contributed by atoms with Crippen LogP contribution >= 0.6 is 0 Å². The summed E-state index contributed by atoms with van der Waals surface area (Å²) in [7, 11) is 0. The fraction of sp³-hybridized carbons (Fsp3) is 0.435. The summed E-state index contributed by atoms with van der Waals surface area (Å²) in [4.78, 5) is 13.5. The highest BCUT2D eigenvalue weighted by Gasteiger charge is 2.50. The summed E-state index contributed by atoms with van der Waals surface area (Å²) in [6, 6.07) is 14.5. The number of hydrogen-bond acceptors (Lipinski definition) is 2. The molecule has 0 aliphatic heterocycles. The van der Waals surface area contributed by atoms with E-state index < -0.39 is 5.60 Å². The molecule has 0 saturated carbocycles. The molecule has 1 aliphatic rings. The first-order chi connectivity index (χ1) is 12.2. The highest BCUT2D eigenvalue weighted by molar-refractivity contribution is 6.00. The topological polar surface area (TPSA) is 26.3 Å². The molecule has 2 aromatic carbocycles. The van der Waals surface area contributed by atoms with Gasteiger partial charge in [0.2, 0.25) is 0 Å². The number of ketones is 1. The molecule has 1 aliphatic carbocycles. The Morgan fingerprint density at radius 2 is 1.68 bits per heavy atom. The molecule has 0 radical (unpaired) electrons. The molecule has 0 saturated heterocycles. The van der Waals surface area contributed by atoms with Gasteiger partial charge in [0.1, 0.15) is 0 Å². The summed E-state index contributed by atoms with van der Waals surface area (Å²) in [6.45, 7) is 6.97. The van der Waals surface area contributed by atoms with Crippen molar-refractivity contribution < 1.29 is 9.53 Å². The minimum absolute atomic E-state index is 0.200.